The Labute approximate surface area is 292 Å². The summed E-state index contributed by atoms with van der Waals surface area (Å²) in [5, 5.41) is 0. The number of piperazine rings is 1. The summed E-state index contributed by atoms with van der Waals surface area (Å²) in [6, 6.07) is 21.1. The van der Waals surface area contributed by atoms with Gasteiger partial charge < -0.3 is 24.3 Å². The van der Waals surface area contributed by atoms with E-state index in [4.69, 9.17) is 4.74 Å². The number of amides is 3. The lowest BCUT2D eigenvalue weighted by molar-refractivity contribution is -0.143. The third kappa shape index (κ3) is 10.4. The van der Waals surface area contributed by atoms with Gasteiger partial charge in [0.15, 0.2) is 0 Å². The van der Waals surface area contributed by atoms with Crippen molar-refractivity contribution in [2.45, 2.75) is 44.9 Å². The molecule has 11 heteroatoms. The number of halogens is 3. The Hall–Kier alpha value is -4.64. The average Bonchev–Trinajstić information content (AvgIpc) is 3.95. The first-order chi connectivity index (χ1) is 24.0. The van der Waals surface area contributed by atoms with Gasteiger partial charge in [0.05, 0.1) is 12.2 Å². The van der Waals surface area contributed by atoms with Crippen LogP contribution < -0.4 is 4.90 Å². The Bertz CT molecular complexity index is 1600. The van der Waals surface area contributed by atoms with E-state index < -0.39 is 23.7 Å². The number of benzene rings is 3. The van der Waals surface area contributed by atoms with Crippen molar-refractivity contribution < 1.29 is 32.3 Å². The molecule has 0 unspecified atom stereocenters. The molecule has 1 heterocycles. The number of carbonyl (C=O) groups is 3. The second kappa shape index (κ2) is 16.8. The molecule has 266 valence electrons. The van der Waals surface area contributed by atoms with Gasteiger partial charge in [0.1, 0.15) is 6.04 Å². The van der Waals surface area contributed by atoms with E-state index in [1.165, 1.54) is 42.0 Å². The smallest absolute Gasteiger partial charge is 0.379 e. The molecule has 8 nitrogen and oxygen atoms in total. The second-order valence-electron chi connectivity index (χ2n) is 13.1. The Kier molecular flexibility index (Phi) is 12.3. The van der Waals surface area contributed by atoms with Crippen molar-refractivity contribution in [2.24, 2.45) is 5.92 Å². The number of alkyl halides is 3. The maximum atomic E-state index is 14.2. The largest absolute Gasteiger partial charge is 0.416 e. The molecule has 50 heavy (non-hydrogen) atoms. The molecule has 1 saturated heterocycles. The van der Waals surface area contributed by atoms with Crippen LogP contribution in [0.15, 0.2) is 84.9 Å². The Balaban J connectivity index is 1.39. The number of hydrogen-bond acceptors (Lipinski definition) is 5. The van der Waals surface area contributed by atoms with E-state index in [2.05, 4.69) is 4.90 Å². The van der Waals surface area contributed by atoms with Crippen molar-refractivity contribution in [2.75, 3.05) is 57.9 Å². The number of carbonyl (C=O) groups excluding carboxylic acids is 3. The zero-order valence-corrected chi connectivity index (χ0v) is 28.6. The van der Waals surface area contributed by atoms with Gasteiger partial charge in [0.2, 0.25) is 17.7 Å². The van der Waals surface area contributed by atoms with Gasteiger partial charge in [0.25, 0.3) is 0 Å². The zero-order chi connectivity index (χ0) is 35.7. The van der Waals surface area contributed by atoms with Crippen molar-refractivity contribution in [3.05, 3.63) is 107 Å². The first-order valence-corrected chi connectivity index (χ1v) is 17.1. The van der Waals surface area contributed by atoms with Gasteiger partial charge in [-0.2, -0.15) is 13.2 Å². The molecular formula is C39H45F3N4O4. The molecule has 0 spiro atoms. The molecule has 1 aliphatic carbocycles. The molecule has 1 atom stereocenters. The third-order valence-electron chi connectivity index (χ3n) is 9.25. The summed E-state index contributed by atoms with van der Waals surface area (Å²) in [6.45, 7) is 5.85. The van der Waals surface area contributed by atoms with Crippen LogP contribution in [0, 0.1) is 5.92 Å². The zero-order valence-electron chi connectivity index (χ0n) is 28.6. The number of likely N-dealkylation sites (N-methyl/N-ethyl adjacent to an activating group) is 1. The van der Waals surface area contributed by atoms with Crippen LogP contribution in [0.3, 0.4) is 0 Å². The molecule has 0 aromatic heterocycles. The minimum absolute atomic E-state index is 0.0631. The normalized spacial score (nSPS) is 15.6. The highest BCUT2D eigenvalue weighted by Gasteiger charge is 2.32. The van der Waals surface area contributed by atoms with Crippen molar-refractivity contribution >= 4 is 29.5 Å². The summed E-state index contributed by atoms with van der Waals surface area (Å²) in [5.74, 6) is -0.0155. The van der Waals surface area contributed by atoms with E-state index in [1.54, 1.807) is 18.9 Å². The van der Waals surface area contributed by atoms with Crippen LogP contribution >= 0.6 is 0 Å². The van der Waals surface area contributed by atoms with Gasteiger partial charge in [-0.05, 0) is 65.8 Å². The standard InChI is InChI=1S/C39H45F3N4O4/c1-29(47)44-20-22-45(23-21-44)35-17-12-32(13-18-35)27-46(37(48)19-14-30-10-15-34(16-11-30)39(40,41)42)36(26-31-6-4-3-5-7-31)38(49)43(2)24-25-50-28-33-8-9-33/h3-7,10-19,33,36H,8-9,20-28H2,1-2H3/t36-/m0/s1. The summed E-state index contributed by atoms with van der Waals surface area (Å²) < 4.78 is 45.2. The fourth-order valence-corrected chi connectivity index (χ4v) is 5.95. The fraction of sp³-hybridized carbons (Fsp3) is 0.410. The van der Waals surface area contributed by atoms with Crippen LogP contribution in [0.5, 0.6) is 0 Å². The molecule has 2 aliphatic rings. The monoisotopic (exact) mass is 690 g/mol. The molecule has 3 aromatic carbocycles. The van der Waals surface area contributed by atoms with Crippen molar-refractivity contribution in [3.8, 4) is 0 Å². The average molecular weight is 691 g/mol. The summed E-state index contributed by atoms with van der Waals surface area (Å²) in [7, 11) is 1.71. The lowest BCUT2D eigenvalue weighted by Gasteiger charge is -2.36. The summed E-state index contributed by atoms with van der Waals surface area (Å²) in [6.07, 6.45) is 0.928. The molecule has 3 amide bonds. The maximum Gasteiger partial charge on any atom is 0.416 e. The summed E-state index contributed by atoms with van der Waals surface area (Å²) in [5.41, 5.74) is 2.35. The van der Waals surface area contributed by atoms with Gasteiger partial charge in [-0.25, -0.2) is 0 Å². The van der Waals surface area contributed by atoms with E-state index >= 15 is 0 Å². The van der Waals surface area contributed by atoms with Crippen LogP contribution in [0.25, 0.3) is 6.08 Å². The summed E-state index contributed by atoms with van der Waals surface area (Å²) in [4.78, 5) is 47.2. The predicted octanol–water partition coefficient (Wildman–Crippen LogP) is 5.91. The Morgan fingerprint density at radius 3 is 2.16 bits per heavy atom. The molecule has 1 aliphatic heterocycles. The number of hydrogen-bond donors (Lipinski definition) is 0. The molecule has 0 bridgehead atoms. The quantitative estimate of drug-likeness (QED) is 0.155. The van der Waals surface area contributed by atoms with Crippen LogP contribution in [0.2, 0.25) is 0 Å². The van der Waals surface area contributed by atoms with Crippen LogP contribution in [-0.4, -0.2) is 91.4 Å². The minimum atomic E-state index is -4.46. The molecule has 0 N–H and O–H groups in total. The fourth-order valence-electron chi connectivity index (χ4n) is 5.95. The van der Waals surface area contributed by atoms with Crippen molar-refractivity contribution in [1.29, 1.82) is 0 Å². The molecule has 3 aromatic rings. The minimum Gasteiger partial charge on any atom is -0.379 e. The molecule has 2 fully saturated rings. The number of ether oxygens (including phenoxy) is 1. The molecule has 5 rings (SSSR count). The van der Waals surface area contributed by atoms with E-state index in [-0.39, 0.29) is 24.8 Å². The van der Waals surface area contributed by atoms with Crippen molar-refractivity contribution in [1.82, 2.24) is 14.7 Å². The van der Waals surface area contributed by atoms with Gasteiger partial charge >= 0.3 is 6.18 Å². The van der Waals surface area contributed by atoms with E-state index in [0.717, 1.165) is 28.9 Å². The number of rotatable bonds is 14. The van der Waals surface area contributed by atoms with E-state index in [1.807, 2.05) is 59.5 Å². The lowest BCUT2D eigenvalue weighted by atomic mass is 10.0. The Morgan fingerprint density at radius 2 is 1.56 bits per heavy atom. The van der Waals surface area contributed by atoms with Crippen LogP contribution in [0.1, 0.15) is 42.0 Å². The first-order valence-electron chi connectivity index (χ1n) is 17.1. The number of anilines is 1. The SMILES string of the molecule is CC(=O)N1CCN(c2ccc(CN(C(=O)C=Cc3ccc(C(F)(F)F)cc3)[C@@H](Cc3ccccc3)C(=O)N(C)CCOCC3CC3)cc2)CC1. The van der Waals surface area contributed by atoms with Gasteiger partial charge in [0, 0.05) is 78.0 Å². The molecule has 1 saturated carbocycles. The highest BCUT2D eigenvalue weighted by molar-refractivity contribution is 5.95. The lowest BCUT2D eigenvalue weighted by Crippen LogP contribution is -2.51. The number of nitrogens with zero attached hydrogens (tertiary/aromatic N) is 4. The third-order valence-corrected chi connectivity index (χ3v) is 9.25. The maximum absolute atomic E-state index is 14.2. The highest BCUT2D eigenvalue weighted by Crippen LogP contribution is 2.30. The second-order valence-corrected chi connectivity index (χ2v) is 13.1. The molecular weight excluding hydrogens is 645 g/mol. The Morgan fingerprint density at radius 1 is 0.900 bits per heavy atom. The van der Waals surface area contributed by atoms with E-state index in [0.29, 0.717) is 57.4 Å². The van der Waals surface area contributed by atoms with Gasteiger partial charge in [-0.1, -0.05) is 54.6 Å². The van der Waals surface area contributed by atoms with E-state index in [9.17, 15) is 27.6 Å². The summed E-state index contributed by atoms with van der Waals surface area (Å²) >= 11 is 0. The highest BCUT2D eigenvalue weighted by atomic mass is 19.4. The first kappa shape index (κ1) is 36.6. The van der Waals surface area contributed by atoms with Crippen LogP contribution in [-0.2, 0) is 38.3 Å². The topological polar surface area (TPSA) is 73.4 Å². The van der Waals surface area contributed by atoms with Crippen molar-refractivity contribution in [3.63, 3.8) is 0 Å². The predicted molar refractivity (Wildman–Crippen MR) is 187 cm³/mol. The van der Waals surface area contributed by atoms with Gasteiger partial charge in [-0.3, -0.25) is 14.4 Å². The van der Waals surface area contributed by atoms with Gasteiger partial charge in [-0.15, -0.1) is 0 Å². The van der Waals surface area contributed by atoms with Crippen LogP contribution in [0.4, 0.5) is 18.9 Å². The molecule has 0 radical (unpaired) electrons.